The van der Waals surface area contributed by atoms with Crippen LogP contribution in [0.1, 0.15) is 23.3 Å². The molecule has 4 rings (SSSR count). The maximum Gasteiger partial charge on any atom is 0.339 e. The predicted octanol–water partition coefficient (Wildman–Crippen LogP) is 5.35. The van der Waals surface area contributed by atoms with Gasteiger partial charge in [0.15, 0.2) is 0 Å². The number of hydrogen-bond donors (Lipinski definition) is 0. The lowest BCUT2D eigenvalue weighted by molar-refractivity contribution is -0.132. The Bertz CT molecular complexity index is 1350. The molecule has 0 saturated heterocycles. The molecule has 0 N–H and O–H groups in total. The Morgan fingerprint density at radius 2 is 1.60 bits per heavy atom. The van der Waals surface area contributed by atoms with Crippen LogP contribution in [-0.4, -0.2) is 19.2 Å². The van der Waals surface area contributed by atoms with Crippen LogP contribution in [0.25, 0.3) is 0 Å². The van der Waals surface area contributed by atoms with Gasteiger partial charge >= 0.3 is 10.1 Å². The Labute approximate surface area is 203 Å². The Balaban J connectivity index is 1.48. The van der Waals surface area contributed by atoms with E-state index in [1.54, 1.807) is 41.5 Å². The predicted molar refractivity (Wildman–Crippen MR) is 128 cm³/mol. The smallest absolute Gasteiger partial charge is 0.339 e. The van der Waals surface area contributed by atoms with Crippen molar-refractivity contribution in [3.05, 3.63) is 120 Å². The van der Waals surface area contributed by atoms with Crippen LogP contribution in [0.15, 0.2) is 107 Å². The maximum atomic E-state index is 13.2. The molecule has 0 aliphatic carbocycles. The van der Waals surface area contributed by atoms with Gasteiger partial charge in [0, 0.05) is 13.0 Å². The number of nitrogens with zero attached hydrogens (tertiary/aromatic N) is 1. The molecule has 1 amide bonds. The molecular formula is C27H24FNO5S. The van der Waals surface area contributed by atoms with Crippen molar-refractivity contribution >= 4 is 16.0 Å². The number of carbonyl (C=O) groups excluding carboxylic acids is 1. The molecule has 35 heavy (non-hydrogen) atoms. The Morgan fingerprint density at radius 1 is 0.857 bits per heavy atom. The molecule has 6 nitrogen and oxygen atoms in total. The molecule has 0 saturated carbocycles. The van der Waals surface area contributed by atoms with Gasteiger partial charge in [0.05, 0.1) is 12.8 Å². The van der Waals surface area contributed by atoms with Gasteiger partial charge in [-0.15, -0.1) is 0 Å². The van der Waals surface area contributed by atoms with Gasteiger partial charge < -0.3 is 13.5 Å². The van der Waals surface area contributed by atoms with Crippen LogP contribution in [0.3, 0.4) is 0 Å². The molecule has 0 aliphatic rings. The van der Waals surface area contributed by atoms with Gasteiger partial charge in [0.25, 0.3) is 0 Å². The number of rotatable bonds is 10. The number of amides is 1. The number of hydrogen-bond acceptors (Lipinski definition) is 5. The van der Waals surface area contributed by atoms with E-state index >= 15 is 0 Å². The molecule has 180 valence electrons. The van der Waals surface area contributed by atoms with Crippen LogP contribution in [0.2, 0.25) is 0 Å². The van der Waals surface area contributed by atoms with Gasteiger partial charge in [0.2, 0.25) is 5.91 Å². The molecule has 1 heterocycles. The van der Waals surface area contributed by atoms with E-state index in [0.29, 0.717) is 24.2 Å². The van der Waals surface area contributed by atoms with E-state index in [4.69, 9.17) is 8.60 Å². The third-order valence-corrected chi connectivity index (χ3v) is 6.59. The zero-order valence-electron chi connectivity index (χ0n) is 18.8. The summed E-state index contributed by atoms with van der Waals surface area (Å²) in [6, 6.07) is 24.2. The Kier molecular flexibility index (Phi) is 7.62. The summed E-state index contributed by atoms with van der Waals surface area (Å²) in [7, 11) is -4.13. The van der Waals surface area contributed by atoms with Gasteiger partial charge in [-0.2, -0.15) is 8.42 Å². The third kappa shape index (κ3) is 6.80. The summed E-state index contributed by atoms with van der Waals surface area (Å²) in [4.78, 5) is 14.6. The van der Waals surface area contributed by atoms with Crippen LogP contribution < -0.4 is 4.18 Å². The standard InChI is InChI=1S/C27H24FNO5S/c28-23-12-14-26(15-13-23)35(31,32)34-24-9-4-8-22(18-24)19-29(20-25-10-5-17-33-25)27(30)16-11-21-6-2-1-3-7-21/h1-10,12-15,17-18H,11,16,19-20H2. The second-order valence-corrected chi connectivity index (χ2v) is 9.50. The summed E-state index contributed by atoms with van der Waals surface area (Å²) in [6.45, 7) is 0.516. The summed E-state index contributed by atoms with van der Waals surface area (Å²) in [6.07, 6.45) is 2.48. The normalized spacial score (nSPS) is 11.2. The lowest BCUT2D eigenvalue weighted by Crippen LogP contribution is -2.30. The van der Waals surface area contributed by atoms with E-state index in [2.05, 4.69) is 0 Å². The summed E-state index contributed by atoms with van der Waals surface area (Å²) < 4.78 is 49.0. The minimum Gasteiger partial charge on any atom is -0.467 e. The Morgan fingerprint density at radius 3 is 2.31 bits per heavy atom. The second-order valence-electron chi connectivity index (χ2n) is 7.95. The van der Waals surface area contributed by atoms with Crippen molar-refractivity contribution in [3.8, 4) is 5.75 Å². The summed E-state index contributed by atoms with van der Waals surface area (Å²) in [5.74, 6) is 0.140. The zero-order chi connectivity index (χ0) is 24.7. The average molecular weight is 494 g/mol. The number of carbonyl (C=O) groups is 1. The molecule has 0 bridgehead atoms. The van der Waals surface area contributed by atoms with Crippen molar-refractivity contribution in [1.82, 2.24) is 4.90 Å². The fourth-order valence-corrected chi connectivity index (χ4v) is 4.49. The van der Waals surface area contributed by atoms with Gasteiger partial charge in [0.1, 0.15) is 22.2 Å². The van der Waals surface area contributed by atoms with Crippen LogP contribution in [0.5, 0.6) is 5.75 Å². The van der Waals surface area contributed by atoms with Crippen LogP contribution in [-0.2, 0) is 34.4 Å². The minimum absolute atomic E-state index is 0.0597. The first-order chi connectivity index (χ1) is 16.9. The van der Waals surface area contributed by atoms with Crippen molar-refractivity contribution in [3.63, 3.8) is 0 Å². The lowest BCUT2D eigenvalue weighted by atomic mass is 10.1. The third-order valence-electron chi connectivity index (χ3n) is 5.33. The van der Waals surface area contributed by atoms with Crippen LogP contribution >= 0.6 is 0 Å². The second kappa shape index (κ2) is 11.0. The number of benzene rings is 3. The average Bonchev–Trinajstić information content (AvgIpc) is 3.36. The molecule has 8 heteroatoms. The molecule has 0 atom stereocenters. The first-order valence-corrected chi connectivity index (χ1v) is 12.4. The first-order valence-electron chi connectivity index (χ1n) is 11.0. The van der Waals surface area contributed by atoms with Gasteiger partial charge in [-0.3, -0.25) is 4.79 Å². The van der Waals surface area contributed by atoms with E-state index in [1.807, 2.05) is 30.3 Å². The van der Waals surface area contributed by atoms with E-state index in [9.17, 15) is 17.6 Å². The van der Waals surface area contributed by atoms with E-state index in [-0.39, 0.29) is 29.6 Å². The quantitative estimate of drug-likeness (QED) is 0.279. The monoisotopic (exact) mass is 493 g/mol. The van der Waals surface area contributed by atoms with Crippen molar-refractivity contribution < 1.29 is 26.2 Å². The van der Waals surface area contributed by atoms with Gasteiger partial charge in [-0.05, 0) is 66.1 Å². The highest BCUT2D eigenvalue weighted by Gasteiger charge is 2.19. The van der Waals surface area contributed by atoms with Crippen molar-refractivity contribution in [2.45, 2.75) is 30.8 Å². The molecule has 0 spiro atoms. The largest absolute Gasteiger partial charge is 0.467 e. The summed E-state index contributed by atoms with van der Waals surface area (Å²) in [5, 5.41) is 0. The molecule has 3 aromatic carbocycles. The van der Waals surface area contributed by atoms with Crippen LogP contribution in [0.4, 0.5) is 4.39 Å². The van der Waals surface area contributed by atoms with E-state index < -0.39 is 15.9 Å². The maximum absolute atomic E-state index is 13.2. The fourth-order valence-electron chi connectivity index (χ4n) is 3.57. The van der Waals surface area contributed by atoms with Gasteiger partial charge in [-0.25, -0.2) is 4.39 Å². The SMILES string of the molecule is O=C(CCc1ccccc1)N(Cc1cccc(OS(=O)(=O)c2ccc(F)cc2)c1)Cc1ccco1. The van der Waals surface area contributed by atoms with E-state index in [1.165, 1.54) is 6.07 Å². The van der Waals surface area contributed by atoms with Crippen LogP contribution in [0, 0.1) is 5.82 Å². The zero-order valence-corrected chi connectivity index (χ0v) is 19.7. The lowest BCUT2D eigenvalue weighted by Gasteiger charge is -2.22. The molecule has 0 fully saturated rings. The molecule has 0 unspecified atom stereocenters. The molecule has 1 aromatic heterocycles. The van der Waals surface area contributed by atoms with Crippen molar-refractivity contribution in [1.29, 1.82) is 0 Å². The van der Waals surface area contributed by atoms with Gasteiger partial charge in [-0.1, -0.05) is 42.5 Å². The Hall–Kier alpha value is -3.91. The molecule has 0 radical (unpaired) electrons. The molecule has 0 aliphatic heterocycles. The highest BCUT2D eigenvalue weighted by molar-refractivity contribution is 7.87. The molecular weight excluding hydrogens is 469 g/mol. The number of furan rings is 1. The fraction of sp³-hybridized carbons (Fsp3) is 0.148. The minimum atomic E-state index is -4.13. The summed E-state index contributed by atoms with van der Waals surface area (Å²) >= 11 is 0. The topological polar surface area (TPSA) is 76.8 Å². The highest BCUT2D eigenvalue weighted by atomic mass is 32.2. The highest BCUT2D eigenvalue weighted by Crippen LogP contribution is 2.22. The number of aryl methyl sites for hydroxylation is 1. The van der Waals surface area contributed by atoms with Crippen molar-refractivity contribution in [2.75, 3.05) is 0 Å². The number of halogens is 1. The summed E-state index contributed by atoms with van der Waals surface area (Å²) in [5.41, 5.74) is 1.76. The van der Waals surface area contributed by atoms with E-state index in [0.717, 1.165) is 29.8 Å². The van der Waals surface area contributed by atoms with Crippen molar-refractivity contribution in [2.24, 2.45) is 0 Å². The molecule has 4 aromatic rings. The first kappa shape index (κ1) is 24.2.